The van der Waals surface area contributed by atoms with Crippen LogP contribution in [-0.2, 0) is 0 Å². The Bertz CT molecular complexity index is 531. The van der Waals surface area contributed by atoms with Gasteiger partial charge in [0.2, 0.25) is 0 Å². The first-order chi connectivity index (χ1) is 11.3. The summed E-state index contributed by atoms with van der Waals surface area (Å²) >= 11 is 0. The van der Waals surface area contributed by atoms with Gasteiger partial charge in [-0.05, 0) is 36.2 Å². The summed E-state index contributed by atoms with van der Waals surface area (Å²) in [6.45, 7) is 11.2. The molecular formula is C20H33N3O. The SMILES string of the molecule is CC(C)[C@@H]1CCCC(c2cnc(C=CC(C)(C)C)cn2)N[C@H]1CO. The summed E-state index contributed by atoms with van der Waals surface area (Å²) in [7, 11) is 0. The Labute approximate surface area is 146 Å². The van der Waals surface area contributed by atoms with Crippen molar-refractivity contribution in [3.8, 4) is 0 Å². The van der Waals surface area contributed by atoms with Gasteiger partial charge in [-0.25, -0.2) is 0 Å². The summed E-state index contributed by atoms with van der Waals surface area (Å²) < 4.78 is 0. The predicted octanol–water partition coefficient (Wildman–Crippen LogP) is 3.98. The molecule has 1 aromatic rings. The third kappa shape index (κ3) is 5.38. The molecule has 1 unspecified atom stereocenters. The van der Waals surface area contributed by atoms with Gasteiger partial charge < -0.3 is 10.4 Å². The highest BCUT2D eigenvalue weighted by Crippen LogP contribution is 2.30. The van der Waals surface area contributed by atoms with Crippen LogP contribution < -0.4 is 5.32 Å². The van der Waals surface area contributed by atoms with Crippen LogP contribution in [0.5, 0.6) is 0 Å². The molecule has 4 nitrogen and oxygen atoms in total. The third-order valence-electron chi connectivity index (χ3n) is 4.82. The molecule has 0 saturated carbocycles. The van der Waals surface area contributed by atoms with E-state index >= 15 is 0 Å². The molecule has 2 N–H and O–H groups in total. The molecule has 1 aliphatic rings. The number of aliphatic hydroxyl groups excluding tert-OH is 1. The van der Waals surface area contributed by atoms with E-state index in [0.717, 1.165) is 30.7 Å². The molecular weight excluding hydrogens is 298 g/mol. The summed E-state index contributed by atoms with van der Waals surface area (Å²) in [6.07, 6.45) is 11.3. The van der Waals surface area contributed by atoms with Crippen molar-refractivity contribution in [1.82, 2.24) is 15.3 Å². The highest BCUT2D eigenvalue weighted by molar-refractivity contribution is 5.43. The largest absolute Gasteiger partial charge is 0.395 e. The molecule has 0 amide bonds. The first kappa shape index (κ1) is 19.1. The van der Waals surface area contributed by atoms with Crippen molar-refractivity contribution < 1.29 is 5.11 Å². The highest BCUT2D eigenvalue weighted by atomic mass is 16.3. The fourth-order valence-corrected chi connectivity index (χ4v) is 3.39. The van der Waals surface area contributed by atoms with Gasteiger partial charge in [-0.3, -0.25) is 9.97 Å². The van der Waals surface area contributed by atoms with Crippen molar-refractivity contribution >= 4 is 6.08 Å². The number of rotatable bonds is 4. The van der Waals surface area contributed by atoms with Gasteiger partial charge in [0, 0.05) is 6.04 Å². The van der Waals surface area contributed by atoms with E-state index in [1.807, 2.05) is 18.5 Å². The quantitative estimate of drug-likeness (QED) is 0.876. The van der Waals surface area contributed by atoms with Crippen LogP contribution in [0, 0.1) is 17.3 Å². The van der Waals surface area contributed by atoms with E-state index < -0.39 is 0 Å². The number of hydrogen-bond donors (Lipinski definition) is 2. The smallest absolute Gasteiger partial charge is 0.0810 e. The Hall–Kier alpha value is -1.26. The molecule has 134 valence electrons. The zero-order valence-corrected chi connectivity index (χ0v) is 15.8. The topological polar surface area (TPSA) is 58.0 Å². The lowest BCUT2D eigenvalue weighted by atomic mass is 9.85. The number of nitrogens with one attached hydrogen (secondary N) is 1. The van der Waals surface area contributed by atoms with Crippen LogP contribution in [0.25, 0.3) is 6.08 Å². The van der Waals surface area contributed by atoms with Crippen LogP contribution in [0.3, 0.4) is 0 Å². The molecule has 2 heterocycles. The molecule has 24 heavy (non-hydrogen) atoms. The fourth-order valence-electron chi connectivity index (χ4n) is 3.39. The Kier molecular flexibility index (Phi) is 6.53. The molecule has 1 fully saturated rings. The van der Waals surface area contributed by atoms with Crippen LogP contribution in [0.4, 0.5) is 0 Å². The van der Waals surface area contributed by atoms with Crippen LogP contribution in [-0.4, -0.2) is 27.7 Å². The van der Waals surface area contributed by atoms with E-state index in [9.17, 15) is 5.11 Å². The molecule has 3 atom stereocenters. The van der Waals surface area contributed by atoms with E-state index in [1.54, 1.807) is 0 Å². The van der Waals surface area contributed by atoms with E-state index in [4.69, 9.17) is 0 Å². The zero-order chi connectivity index (χ0) is 17.7. The van der Waals surface area contributed by atoms with Gasteiger partial charge in [-0.15, -0.1) is 0 Å². The van der Waals surface area contributed by atoms with Crippen molar-refractivity contribution in [3.63, 3.8) is 0 Å². The third-order valence-corrected chi connectivity index (χ3v) is 4.82. The zero-order valence-electron chi connectivity index (χ0n) is 15.8. The monoisotopic (exact) mass is 331 g/mol. The lowest BCUT2D eigenvalue weighted by Crippen LogP contribution is -2.41. The first-order valence-corrected chi connectivity index (χ1v) is 9.18. The average molecular weight is 332 g/mol. The molecule has 1 aromatic heterocycles. The minimum Gasteiger partial charge on any atom is -0.395 e. The molecule has 0 bridgehead atoms. The second-order valence-corrected chi connectivity index (χ2v) is 8.41. The number of nitrogens with zero attached hydrogens (tertiary/aromatic N) is 2. The van der Waals surface area contributed by atoms with E-state index in [0.29, 0.717) is 11.8 Å². The van der Waals surface area contributed by atoms with Crippen LogP contribution >= 0.6 is 0 Å². The number of aliphatic hydroxyl groups is 1. The Morgan fingerprint density at radius 3 is 2.54 bits per heavy atom. The van der Waals surface area contributed by atoms with Crippen molar-refractivity contribution in [2.45, 2.75) is 66.0 Å². The Balaban J connectivity index is 2.09. The van der Waals surface area contributed by atoms with Crippen molar-refractivity contribution in [3.05, 3.63) is 29.9 Å². The molecule has 0 spiro atoms. The maximum atomic E-state index is 9.78. The van der Waals surface area contributed by atoms with Crippen molar-refractivity contribution in [2.24, 2.45) is 17.3 Å². The van der Waals surface area contributed by atoms with Gasteiger partial charge in [-0.2, -0.15) is 0 Å². The lowest BCUT2D eigenvalue weighted by molar-refractivity contribution is 0.166. The van der Waals surface area contributed by atoms with Gasteiger partial charge in [-0.1, -0.05) is 47.1 Å². The van der Waals surface area contributed by atoms with E-state index in [-0.39, 0.29) is 24.1 Å². The standard InChI is InChI=1S/C20H33N3O/c1-14(2)16-7-6-8-17(23-19(16)13-24)18-12-21-15(11-22-18)9-10-20(3,4)5/h9-12,14,16-17,19,23-24H,6-8,13H2,1-5H3/t16-,17?,19-/m0/s1. The maximum Gasteiger partial charge on any atom is 0.0810 e. The average Bonchev–Trinajstić information content (AvgIpc) is 2.75. The summed E-state index contributed by atoms with van der Waals surface area (Å²) in [5, 5.41) is 13.4. The number of aromatic nitrogens is 2. The molecule has 1 aliphatic heterocycles. The maximum absolute atomic E-state index is 9.78. The van der Waals surface area contributed by atoms with Crippen LogP contribution in [0.2, 0.25) is 0 Å². The molecule has 1 saturated heterocycles. The predicted molar refractivity (Wildman–Crippen MR) is 99.5 cm³/mol. The number of hydrogen-bond acceptors (Lipinski definition) is 4. The second-order valence-electron chi connectivity index (χ2n) is 8.41. The second kappa shape index (κ2) is 8.21. The van der Waals surface area contributed by atoms with Crippen molar-refractivity contribution in [2.75, 3.05) is 6.61 Å². The first-order valence-electron chi connectivity index (χ1n) is 9.18. The van der Waals surface area contributed by atoms with E-state index in [1.165, 1.54) is 0 Å². The normalized spacial score (nSPS) is 26.0. The van der Waals surface area contributed by atoms with Gasteiger partial charge in [0.05, 0.1) is 36.4 Å². The van der Waals surface area contributed by atoms with Gasteiger partial charge in [0.1, 0.15) is 0 Å². The molecule has 0 radical (unpaired) electrons. The molecule has 4 heteroatoms. The Morgan fingerprint density at radius 1 is 1.25 bits per heavy atom. The Morgan fingerprint density at radius 2 is 2.00 bits per heavy atom. The van der Waals surface area contributed by atoms with Gasteiger partial charge in [0.25, 0.3) is 0 Å². The van der Waals surface area contributed by atoms with E-state index in [2.05, 4.69) is 56.0 Å². The molecule has 2 rings (SSSR count). The van der Waals surface area contributed by atoms with Crippen LogP contribution in [0.1, 0.15) is 71.3 Å². The fraction of sp³-hybridized carbons (Fsp3) is 0.700. The summed E-state index contributed by atoms with van der Waals surface area (Å²) in [5.74, 6) is 1.09. The summed E-state index contributed by atoms with van der Waals surface area (Å²) in [4.78, 5) is 9.17. The molecule has 0 aromatic carbocycles. The van der Waals surface area contributed by atoms with Crippen molar-refractivity contribution in [1.29, 1.82) is 0 Å². The number of allylic oxidation sites excluding steroid dienone is 1. The van der Waals surface area contributed by atoms with Crippen LogP contribution in [0.15, 0.2) is 18.5 Å². The highest BCUT2D eigenvalue weighted by Gasteiger charge is 2.30. The van der Waals surface area contributed by atoms with Gasteiger partial charge in [0.15, 0.2) is 0 Å². The molecule has 0 aliphatic carbocycles. The summed E-state index contributed by atoms with van der Waals surface area (Å²) in [6, 6.07) is 0.318. The minimum absolute atomic E-state index is 0.139. The lowest BCUT2D eigenvalue weighted by Gasteiger charge is -2.29. The summed E-state index contributed by atoms with van der Waals surface area (Å²) in [5.41, 5.74) is 2.01. The van der Waals surface area contributed by atoms with Gasteiger partial charge >= 0.3 is 0 Å². The minimum atomic E-state index is 0.139.